The normalized spacial score (nSPS) is 30.7. The third kappa shape index (κ3) is 4.01. The van der Waals surface area contributed by atoms with Crippen LogP contribution in [0.15, 0.2) is 40.6 Å². The molecule has 0 N–H and O–H groups in total. The van der Waals surface area contributed by atoms with Crippen LogP contribution in [0.5, 0.6) is 0 Å². The van der Waals surface area contributed by atoms with Crippen molar-refractivity contribution in [3.63, 3.8) is 0 Å². The average Bonchev–Trinajstić information content (AvgIpc) is 3.20. The lowest BCUT2D eigenvalue weighted by Gasteiger charge is -2.41. The van der Waals surface area contributed by atoms with E-state index in [1.165, 1.54) is 0 Å². The first-order valence-electron chi connectivity index (χ1n) is 11.4. The molecule has 0 radical (unpaired) electrons. The van der Waals surface area contributed by atoms with Crippen LogP contribution in [-0.2, 0) is 15.5 Å². The summed E-state index contributed by atoms with van der Waals surface area (Å²) in [7, 11) is -0.648. The predicted molar refractivity (Wildman–Crippen MR) is 124 cm³/mol. The molecule has 7 nitrogen and oxygen atoms in total. The Kier molecular flexibility index (Phi) is 5.65. The lowest BCUT2D eigenvalue weighted by atomic mass is 9.75. The van der Waals surface area contributed by atoms with Gasteiger partial charge in [-0.05, 0) is 33.3 Å². The highest BCUT2D eigenvalue weighted by Crippen LogP contribution is 2.45. The van der Waals surface area contributed by atoms with Crippen LogP contribution in [0.4, 0.5) is 10.2 Å². The van der Waals surface area contributed by atoms with Gasteiger partial charge in [0.25, 0.3) is 0 Å². The first-order chi connectivity index (χ1) is 15.3. The lowest BCUT2D eigenvalue weighted by molar-refractivity contribution is 0.144. The lowest BCUT2D eigenvalue weighted by Crippen LogP contribution is -2.51. The molecule has 4 aliphatic rings. The second-order valence-electron chi connectivity index (χ2n) is 9.44. The van der Waals surface area contributed by atoms with E-state index in [1.54, 1.807) is 12.4 Å². The van der Waals surface area contributed by atoms with Gasteiger partial charge in [0.15, 0.2) is 5.76 Å². The van der Waals surface area contributed by atoms with Gasteiger partial charge in [0.2, 0.25) is 0 Å². The van der Waals surface area contributed by atoms with Gasteiger partial charge in [-0.3, -0.25) is 14.1 Å². The number of allylic oxidation sites excluding steroid dienone is 1. The van der Waals surface area contributed by atoms with Gasteiger partial charge >= 0.3 is 0 Å². The van der Waals surface area contributed by atoms with Crippen molar-refractivity contribution in [2.24, 2.45) is 4.99 Å². The van der Waals surface area contributed by atoms with Gasteiger partial charge in [-0.2, -0.15) is 0 Å². The zero-order chi connectivity index (χ0) is 22.5. The third-order valence-corrected chi connectivity index (χ3v) is 8.15. The number of aliphatic imine (C=N–C) groups is 1. The van der Waals surface area contributed by atoms with Gasteiger partial charge in [0, 0.05) is 72.6 Å². The molecule has 0 bridgehead atoms. The molecule has 9 heteroatoms. The molecule has 32 heavy (non-hydrogen) atoms. The molecule has 5 rings (SSSR count). The minimum Gasteiger partial charge on any atom is -0.488 e. The highest BCUT2D eigenvalue weighted by molar-refractivity contribution is 7.85. The summed E-state index contributed by atoms with van der Waals surface area (Å²) in [4.78, 5) is 18.5. The number of piperazine rings is 1. The fraction of sp³-hybridized carbons (Fsp3) is 0.609. The molecular formula is C23H30FN5O2S. The first kappa shape index (κ1) is 21.7. The maximum absolute atomic E-state index is 14.5. The number of halogens is 1. The Hall–Kier alpha value is -2.13. The van der Waals surface area contributed by atoms with E-state index in [-0.39, 0.29) is 18.4 Å². The van der Waals surface area contributed by atoms with Crippen molar-refractivity contribution >= 4 is 22.3 Å². The summed E-state index contributed by atoms with van der Waals surface area (Å²) in [5.41, 5.74) is 1.97. The van der Waals surface area contributed by atoms with Crippen LogP contribution in [0.3, 0.4) is 0 Å². The minimum absolute atomic E-state index is 0.0917. The zero-order valence-corrected chi connectivity index (χ0v) is 19.7. The number of ether oxygens (including phenoxy) is 1. The van der Waals surface area contributed by atoms with Gasteiger partial charge in [0.1, 0.15) is 18.0 Å². The largest absolute Gasteiger partial charge is 0.488 e. The van der Waals surface area contributed by atoms with Crippen molar-refractivity contribution in [1.29, 1.82) is 0 Å². The van der Waals surface area contributed by atoms with Crippen LogP contribution in [0.1, 0.15) is 39.3 Å². The van der Waals surface area contributed by atoms with E-state index in [9.17, 15) is 8.60 Å². The standard InChI is InChI=1S/C23H30FN5O2S/c1-15(2)31-20-10-17-22(27-23(17,3)12-18(20)24)19-11-21(26-14-25-19)29-7-5-28(6-8-29)16-4-9-32(30)13-16/h10-11,14-16H,4-9,12-13H2,1-3H3. The number of fused-ring (bicyclic) bond motifs is 1. The Bertz CT molecular complexity index is 1030. The quantitative estimate of drug-likeness (QED) is 0.674. The van der Waals surface area contributed by atoms with Crippen molar-refractivity contribution in [2.75, 3.05) is 42.6 Å². The van der Waals surface area contributed by atoms with Crippen molar-refractivity contribution in [3.8, 4) is 0 Å². The smallest absolute Gasteiger partial charge is 0.151 e. The summed E-state index contributed by atoms with van der Waals surface area (Å²) in [5.74, 6) is 2.58. The Balaban J connectivity index is 1.31. The second-order valence-corrected chi connectivity index (χ2v) is 11.1. The summed E-state index contributed by atoms with van der Waals surface area (Å²) in [5, 5.41) is 0. The molecule has 1 aromatic heterocycles. The molecule has 3 atom stereocenters. The van der Waals surface area contributed by atoms with Gasteiger partial charge in [-0.15, -0.1) is 0 Å². The van der Waals surface area contributed by atoms with Crippen LogP contribution in [0, 0.1) is 0 Å². The number of aromatic nitrogens is 2. The summed E-state index contributed by atoms with van der Waals surface area (Å²) in [6.07, 6.45) is 4.53. The topological polar surface area (TPSA) is 70.9 Å². The van der Waals surface area contributed by atoms with E-state index >= 15 is 0 Å². The fourth-order valence-electron chi connectivity index (χ4n) is 4.98. The third-order valence-electron chi connectivity index (χ3n) is 6.71. The highest BCUT2D eigenvalue weighted by atomic mass is 32.2. The number of hydrogen-bond donors (Lipinski definition) is 0. The van der Waals surface area contributed by atoms with Crippen LogP contribution >= 0.6 is 0 Å². The van der Waals surface area contributed by atoms with E-state index < -0.39 is 16.3 Å². The van der Waals surface area contributed by atoms with E-state index in [1.807, 2.05) is 26.8 Å². The fourth-order valence-corrected chi connectivity index (χ4v) is 6.48. The summed E-state index contributed by atoms with van der Waals surface area (Å²) >= 11 is 0. The van der Waals surface area contributed by atoms with Crippen LogP contribution < -0.4 is 4.90 Å². The molecule has 1 aliphatic carbocycles. The van der Waals surface area contributed by atoms with Gasteiger partial charge in [0.05, 0.1) is 23.0 Å². The van der Waals surface area contributed by atoms with E-state index in [4.69, 9.17) is 9.73 Å². The molecule has 1 aromatic rings. The molecule has 0 saturated carbocycles. The molecule has 0 amide bonds. The van der Waals surface area contributed by atoms with E-state index in [2.05, 4.69) is 19.8 Å². The molecule has 172 valence electrons. The number of nitrogens with zero attached hydrogens (tertiary/aromatic N) is 5. The number of hydrogen-bond acceptors (Lipinski definition) is 7. The van der Waals surface area contributed by atoms with Crippen molar-refractivity contribution in [2.45, 2.75) is 51.3 Å². The molecule has 0 spiro atoms. The monoisotopic (exact) mass is 459 g/mol. The Morgan fingerprint density at radius 2 is 2.03 bits per heavy atom. The summed E-state index contributed by atoms with van der Waals surface area (Å²) in [6.45, 7) is 9.40. The Labute approximate surface area is 190 Å². The number of rotatable bonds is 5. The molecule has 2 saturated heterocycles. The van der Waals surface area contributed by atoms with Crippen LogP contribution in [-0.4, -0.2) is 80.2 Å². The Morgan fingerprint density at radius 3 is 2.72 bits per heavy atom. The van der Waals surface area contributed by atoms with Crippen LogP contribution in [0.2, 0.25) is 0 Å². The molecular weight excluding hydrogens is 429 g/mol. The van der Waals surface area contributed by atoms with Crippen LogP contribution in [0.25, 0.3) is 0 Å². The van der Waals surface area contributed by atoms with Gasteiger partial charge < -0.3 is 9.64 Å². The van der Waals surface area contributed by atoms with E-state index in [0.29, 0.717) is 11.8 Å². The molecule has 2 fully saturated rings. The second kappa shape index (κ2) is 8.33. The Morgan fingerprint density at radius 1 is 1.25 bits per heavy atom. The zero-order valence-electron chi connectivity index (χ0n) is 18.9. The molecule has 3 unspecified atom stereocenters. The molecule has 3 aliphatic heterocycles. The summed E-state index contributed by atoms with van der Waals surface area (Å²) < 4.78 is 31.9. The van der Waals surface area contributed by atoms with Gasteiger partial charge in [-0.1, -0.05) is 0 Å². The maximum atomic E-state index is 14.5. The molecule has 4 heterocycles. The highest BCUT2D eigenvalue weighted by Gasteiger charge is 2.45. The number of anilines is 1. The minimum atomic E-state index is -0.648. The average molecular weight is 460 g/mol. The summed E-state index contributed by atoms with van der Waals surface area (Å²) in [6, 6.07) is 2.44. The first-order valence-corrected chi connectivity index (χ1v) is 12.9. The van der Waals surface area contributed by atoms with Crippen molar-refractivity contribution in [1.82, 2.24) is 14.9 Å². The van der Waals surface area contributed by atoms with Crippen molar-refractivity contribution < 1.29 is 13.3 Å². The molecule has 0 aromatic carbocycles. The van der Waals surface area contributed by atoms with Crippen molar-refractivity contribution in [3.05, 3.63) is 41.3 Å². The maximum Gasteiger partial charge on any atom is 0.151 e. The van der Waals surface area contributed by atoms with Gasteiger partial charge in [-0.25, -0.2) is 14.4 Å². The predicted octanol–water partition coefficient (Wildman–Crippen LogP) is 2.62. The van der Waals surface area contributed by atoms with E-state index in [0.717, 1.165) is 66.9 Å². The SMILES string of the molecule is CC(C)OC1=C(F)CC2(C)N=C(c3cc(N4CCN(C5CCS(=O)C5)CC4)ncn3)C2=C1.